The molecule has 1 amide bonds. The second-order valence-corrected chi connectivity index (χ2v) is 15.1. The van der Waals surface area contributed by atoms with Gasteiger partial charge in [0.05, 0.1) is 43.4 Å². The summed E-state index contributed by atoms with van der Waals surface area (Å²) in [6.07, 6.45) is -2.52. The first-order valence-electron chi connectivity index (χ1n) is 15.2. The fraction of sp³-hybridized carbons (Fsp3) is 0.655. The molecular weight excluding hydrogens is 633 g/mol. The maximum absolute atomic E-state index is 14.1. The number of hydrogen-bond donors (Lipinski definition) is 2. The molecule has 0 unspecified atom stereocenters. The van der Waals surface area contributed by atoms with Gasteiger partial charge in [-0.1, -0.05) is 6.07 Å². The number of carbonyl (C=O) groups excluding carboxylic acids is 1. The number of carbonyl (C=O) groups is 1. The van der Waals surface area contributed by atoms with Crippen LogP contribution in [0.2, 0.25) is 0 Å². The number of aliphatic hydroxyl groups is 1. The predicted molar refractivity (Wildman–Crippen MR) is 164 cm³/mol. The Morgan fingerprint density at radius 2 is 1.84 bits per heavy atom. The van der Waals surface area contributed by atoms with Gasteiger partial charge < -0.3 is 20.5 Å². The minimum atomic E-state index is -4.56. The van der Waals surface area contributed by atoms with Crippen LogP contribution in [0.3, 0.4) is 0 Å². The Balaban J connectivity index is 1.39. The zero-order valence-electron chi connectivity index (χ0n) is 25.3. The van der Waals surface area contributed by atoms with E-state index in [0.29, 0.717) is 94.3 Å². The molecule has 2 aromatic rings. The number of benzene rings is 1. The van der Waals surface area contributed by atoms with E-state index in [1.807, 2.05) is 0 Å². The third-order valence-electron chi connectivity index (χ3n) is 8.74. The molecule has 1 aromatic carbocycles. The number of hydrogen-bond acceptors (Lipinski definition) is 9. The lowest BCUT2D eigenvalue weighted by Gasteiger charge is -2.30. The van der Waals surface area contributed by atoms with Crippen LogP contribution in [0.4, 0.5) is 13.2 Å². The van der Waals surface area contributed by atoms with Crippen molar-refractivity contribution in [3.8, 4) is 11.3 Å². The number of piperidine rings is 1. The summed E-state index contributed by atoms with van der Waals surface area (Å²) in [6, 6.07) is 3.94. The van der Waals surface area contributed by atoms with Gasteiger partial charge >= 0.3 is 6.18 Å². The van der Waals surface area contributed by atoms with Crippen LogP contribution in [0.15, 0.2) is 23.1 Å². The molecule has 3 aliphatic rings. The van der Waals surface area contributed by atoms with E-state index in [1.165, 1.54) is 16.4 Å². The van der Waals surface area contributed by atoms with Crippen LogP contribution in [0.5, 0.6) is 0 Å². The number of rotatable bonds is 11. The smallest absolute Gasteiger partial charge is 0.390 e. The molecule has 0 bridgehead atoms. The molecule has 250 valence electrons. The number of ether oxygens (including phenoxy) is 1. The number of nitrogens with two attached hydrogens (primary N) is 1. The summed E-state index contributed by atoms with van der Waals surface area (Å²) >= 11 is 1.11. The molecule has 2 saturated heterocycles. The fourth-order valence-electron chi connectivity index (χ4n) is 6.22. The number of fused-ring (bicyclic) bond motifs is 1. The Morgan fingerprint density at radius 3 is 2.49 bits per heavy atom. The number of nitrogens with zero attached hydrogens (tertiary/aromatic N) is 5. The summed E-state index contributed by atoms with van der Waals surface area (Å²) in [4.78, 5) is 15.8. The number of halogens is 3. The largest absolute Gasteiger partial charge is 0.417 e. The molecule has 0 saturated carbocycles. The van der Waals surface area contributed by atoms with Gasteiger partial charge in [-0.3, -0.25) is 14.4 Å². The van der Waals surface area contributed by atoms with E-state index in [-0.39, 0.29) is 36.4 Å². The van der Waals surface area contributed by atoms with Gasteiger partial charge in [0, 0.05) is 79.1 Å². The van der Waals surface area contributed by atoms with Crippen LogP contribution in [0, 0.1) is 5.92 Å². The van der Waals surface area contributed by atoms with Crippen molar-refractivity contribution < 1.29 is 36.2 Å². The number of primary amides is 1. The van der Waals surface area contributed by atoms with Gasteiger partial charge in [0.25, 0.3) is 0 Å². The maximum Gasteiger partial charge on any atom is 0.417 e. The molecule has 4 heterocycles. The number of amides is 1. The zero-order valence-corrected chi connectivity index (χ0v) is 27.0. The number of thioether (sulfide) groups is 1. The van der Waals surface area contributed by atoms with E-state index in [0.717, 1.165) is 29.8 Å². The standard InChI is InChI=1S/C29H41F3N6O5S2/c1-45(41,42)37-9-6-25-23(19-37)27(34-38(25)18-22(39)17-36-10-13-43-14-11-36)21-2-3-24(29(30,31)32)26(16-21)44-15-12-35-7-4-20(5-8-35)28(33)40/h2-3,16,20,22,39H,4-15,17-19H2,1H3,(H2,33,40)/t22-/m1/s1. The lowest BCUT2D eigenvalue weighted by atomic mass is 9.96. The summed E-state index contributed by atoms with van der Waals surface area (Å²) in [5.41, 5.74) is 6.97. The van der Waals surface area contributed by atoms with E-state index in [1.54, 1.807) is 4.68 Å². The van der Waals surface area contributed by atoms with Crippen LogP contribution < -0.4 is 5.73 Å². The highest BCUT2D eigenvalue weighted by Crippen LogP contribution is 2.40. The molecule has 3 N–H and O–H groups in total. The normalized spacial score (nSPS) is 20.3. The SMILES string of the molecule is CS(=O)(=O)N1CCc2c(c(-c3ccc(C(F)(F)F)c(SCCN4CCC(C(N)=O)CC4)c3)nn2C[C@H](O)CN2CCOCC2)C1. The van der Waals surface area contributed by atoms with Gasteiger partial charge in [0.2, 0.25) is 15.9 Å². The van der Waals surface area contributed by atoms with Crippen molar-refractivity contribution in [1.82, 2.24) is 23.9 Å². The lowest BCUT2D eigenvalue weighted by Crippen LogP contribution is -2.42. The second kappa shape index (κ2) is 14.3. The van der Waals surface area contributed by atoms with E-state index in [2.05, 4.69) is 9.80 Å². The highest BCUT2D eigenvalue weighted by Gasteiger charge is 2.35. The van der Waals surface area contributed by atoms with Crippen molar-refractivity contribution in [2.45, 2.75) is 49.5 Å². The van der Waals surface area contributed by atoms with Gasteiger partial charge in [-0.2, -0.15) is 22.6 Å². The number of alkyl halides is 3. The average Bonchev–Trinajstić information content (AvgIpc) is 3.34. The molecule has 3 aliphatic heterocycles. The Labute approximate surface area is 265 Å². The molecule has 0 radical (unpaired) electrons. The van der Waals surface area contributed by atoms with Crippen molar-refractivity contribution in [2.75, 3.05) is 71.0 Å². The molecule has 2 fully saturated rings. The van der Waals surface area contributed by atoms with Gasteiger partial charge in [-0.25, -0.2) is 8.42 Å². The number of β-amino-alcohol motifs (C(OH)–C–C–N with tert-alkyl or cyclic N) is 1. The number of morpholine rings is 1. The molecule has 16 heteroatoms. The van der Waals surface area contributed by atoms with E-state index in [4.69, 9.17) is 15.6 Å². The first kappa shape index (κ1) is 34.1. The summed E-state index contributed by atoms with van der Waals surface area (Å²) in [5.74, 6) is -0.0607. The fourth-order valence-corrected chi connectivity index (χ4v) is 8.13. The van der Waals surface area contributed by atoms with Gasteiger partial charge in [-0.05, 0) is 38.1 Å². The molecule has 1 aromatic heterocycles. The highest BCUT2D eigenvalue weighted by molar-refractivity contribution is 7.99. The van der Waals surface area contributed by atoms with Crippen molar-refractivity contribution in [3.63, 3.8) is 0 Å². The first-order valence-corrected chi connectivity index (χ1v) is 18.0. The molecule has 45 heavy (non-hydrogen) atoms. The summed E-state index contributed by atoms with van der Waals surface area (Å²) in [6.45, 7) is 5.39. The molecule has 0 spiro atoms. The number of likely N-dealkylation sites (tertiary alicyclic amines) is 1. The number of aromatic nitrogens is 2. The van der Waals surface area contributed by atoms with Crippen LogP contribution in [-0.4, -0.2) is 120 Å². The molecule has 5 rings (SSSR count). The topological polar surface area (TPSA) is 134 Å². The van der Waals surface area contributed by atoms with Gasteiger partial charge in [-0.15, -0.1) is 11.8 Å². The zero-order chi connectivity index (χ0) is 32.4. The van der Waals surface area contributed by atoms with Crippen molar-refractivity contribution >= 4 is 27.7 Å². The Morgan fingerprint density at radius 1 is 1.13 bits per heavy atom. The Hall–Kier alpha value is -2.21. The predicted octanol–water partition coefficient (Wildman–Crippen LogP) is 1.87. The summed E-state index contributed by atoms with van der Waals surface area (Å²) < 4.78 is 75.5. The third-order valence-corrected chi connectivity index (χ3v) is 11.0. The molecular formula is C29H41F3N6O5S2. The first-order chi connectivity index (χ1) is 21.3. The van der Waals surface area contributed by atoms with Gasteiger partial charge in [0.15, 0.2) is 0 Å². The summed E-state index contributed by atoms with van der Waals surface area (Å²) in [7, 11) is -3.52. The van der Waals surface area contributed by atoms with Crippen LogP contribution in [0.25, 0.3) is 11.3 Å². The third kappa shape index (κ3) is 8.58. The second-order valence-electron chi connectivity index (χ2n) is 11.9. The van der Waals surface area contributed by atoms with E-state index in [9.17, 15) is 31.5 Å². The van der Waals surface area contributed by atoms with Crippen molar-refractivity contribution in [2.24, 2.45) is 11.7 Å². The van der Waals surface area contributed by atoms with Crippen molar-refractivity contribution in [3.05, 3.63) is 35.0 Å². The lowest BCUT2D eigenvalue weighted by molar-refractivity contribution is -0.139. The molecule has 0 aliphatic carbocycles. The van der Waals surface area contributed by atoms with Gasteiger partial charge in [0.1, 0.15) is 0 Å². The van der Waals surface area contributed by atoms with Crippen LogP contribution in [-0.2, 0) is 45.2 Å². The van der Waals surface area contributed by atoms with Crippen LogP contribution >= 0.6 is 11.8 Å². The summed E-state index contributed by atoms with van der Waals surface area (Å²) in [5, 5.41) is 15.7. The molecule has 1 atom stereocenters. The van der Waals surface area contributed by atoms with E-state index < -0.39 is 27.9 Å². The number of sulfonamides is 1. The highest BCUT2D eigenvalue weighted by atomic mass is 32.2. The maximum atomic E-state index is 14.1. The Bertz CT molecular complexity index is 1460. The quantitative estimate of drug-likeness (QED) is 0.343. The van der Waals surface area contributed by atoms with Crippen LogP contribution in [0.1, 0.15) is 29.7 Å². The molecule has 11 nitrogen and oxygen atoms in total. The average molecular weight is 675 g/mol. The Kier molecular flexibility index (Phi) is 10.8. The minimum Gasteiger partial charge on any atom is -0.390 e. The van der Waals surface area contributed by atoms with E-state index >= 15 is 0 Å². The number of aliphatic hydroxyl groups excluding tert-OH is 1. The van der Waals surface area contributed by atoms with Crippen molar-refractivity contribution in [1.29, 1.82) is 0 Å². The minimum absolute atomic E-state index is 0.0494. The monoisotopic (exact) mass is 674 g/mol.